The molecule has 0 saturated carbocycles. The van der Waals surface area contributed by atoms with Crippen LogP contribution in [0.25, 0.3) is 21.6 Å². The van der Waals surface area contributed by atoms with E-state index in [1.54, 1.807) is 0 Å². The number of fused-ring (bicyclic) bond motifs is 3. The van der Waals surface area contributed by atoms with E-state index < -0.39 is 29.9 Å². The molecule has 0 bridgehead atoms. The van der Waals surface area contributed by atoms with Crippen molar-refractivity contribution in [2.45, 2.75) is 38.1 Å². The van der Waals surface area contributed by atoms with Crippen molar-refractivity contribution in [1.82, 2.24) is 9.74 Å². The third-order valence-electron chi connectivity index (χ3n) is 6.04. The van der Waals surface area contributed by atoms with Gasteiger partial charge in [-0.3, -0.25) is 0 Å². The van der Waals surface area contributed by atoms with Gasteiger partial charge >= 0.3 is 12.1 Å². The maximum Gasteiger partial charge on any atom is 0.511 e. The molecule has 1 aliphatic carbocycles. The number of carbonyl (C=O) groups excluding carboxylic acids is 2. The van der Waals surface area contributed by atoms with Crippen molar-refractivity contribution < 1.29 is 29.4 Å². The van der Waals surface area contributed by atoms with E-state index in [2.05, 4.69) is 10.1 Å². The second-order valence-electron chi connectivity index (χ2n) is 8.24. The summed E-state index contributed by atoms with van der Waals surface area (Å²) in [6.45, 7) is 1.84. The Balaban J connectivity index is 1.55. The molecule has 0 saturated heterocycles. The average molecular weight is 492 g/mol. The lowest BCUT2D eigenvalue weighted by atomic mass is 9.98. The topological polar surface area (TPSA) is 150 Å². The summed E-state index contributed by atoms with van der Waals surface area (Å²) in [5.41, 5.74) is 13.2. The molecule has 1 aliphatic rings. The van der Waals surface area contributed by atoms with Crippen LogP contribution in [0.15, 0.2) is 65.9 Å². The lowest BCUT2D eigenvalue weighted by Gasteiger charge is -2.22. The maximum atomic E-state index is 13.1. The Labute approximate surface area is 206 Å². The summed E-state index contributed by atoms with van der Waals surface area (Å²) in [5.74, 6) is -2.30. The Morgan fingerprint density at radius 1 is 1.06 bits per heavy atom. The quantitative estimate of drug-likeness (QED) is 0.188. The van der Waals surface area contributed by atoms with Crippen LogP contribution in [0.1, 0.15) is 43.2 Å². The molecular weight excluding hydrogens is 466 g/mol. The summed E-state index contributed by atoms with van der Waals surface area (Å²) in [5, 5.41) is 23.6. The van der Waals surface area contributed by atoms with E-state index in [-0.39, 0.29) is 18.9 Å². The lowest BCUT2D eigenvalue weighted by Crippen LogP contribution is -2.45. The van der Waals surface area contributed by atoms with Gasteiger partial charge in [0.2, 0.25) is 17.8 Å². The molecule has 0 radical (unpaired) electrons. The number of carbonyl (C=O) groups is 2. The predicted molar refractivity (Wildman–Crippen MR) is 129 cm³/mol. The fourth-order valence-corrected chi connectivity index (χ4v) is 4.31. The zero-order valence-electron chi connectivity index (χ0n) is 19.5. The Kier molecular flexibility index (Phi) is 7.31. The first-order valence-electron chi connectivity index (χ1n) is 11.5. The van der Waals surface area contributed by atoms with Crippen molar-refractivity contribution in [3.8, 4) is 22.9 Å². The maximum absolute atomic E-state index is 13.1. The molecule has 1 atom stereocenters. The first-order valence-corrected chi connectivity index (χ1v) is 11.5. The number of aromatic hydroxyl groups is 2. The number of nitrogens with zero attached hydrogens (tertiary/aromatic N) is 5. The fraction of sp³-hybridized carbons (Fsp3) is 0.280. The van der Waals surface area contributed by atoms with Gasteiger partial charge in [-0.15, -0.1) is 15.3 Å². The lowest BCUT2D eigenvalue weighted by molar-refractivity contribution is -0.151. The monoisotopic (exact) mass is 491 g/mol. The summed E-state index contributed by atoms with van der Waals surface area (Å²) < 4.78 is 6.06. The summed E-state index contributed by atoms with van der Waals surface area (Å²) >= 11 is 0. The van der Waals surface area contributed by atoms with Gasteiger partial charge in [-0.2, -0.15) is 9.71 Å². The zero-order valence-corrected chi connectivity index (χ0v) is 19.5. The molecule has 0 spiro atoms. The van der Waals surface area contributed by atoms with Crippen LogP contribution in [0, 0.1) is 0 Å². The number of benzene rings is 2. The van der Waals surface area contributed by atoms with Gasteiger partial charge in [0.1, 0.15) is 6.61 Å². The smallest absolute Gasteiger partial charge is 0.492 e. The van der Waals surface area contributed by atoms with E-state index in [4.69, 9.17) is 15.1 Å². The Morgan fingerprint density at radius 3 is 2.19 bits per heavy atom. The molecule has 2 N–H and O–H groups in total. The summed E-state index contributed by atoms with van der Waals surface area (Å²) in [6, 6.07) is 16.6. The molecule has 11 heteroatoms. The minimum atomic E-state index is -1.35. The first kappa shape index (κ1) is 24.5. The summed E-state index contributed by atoms with van der Waals surface area (Å²) in [6.07, 6.45) is 0.255. The van der Waals surface area contributed by atoms with Crippen molar-refractivity contribution in [2.24, 2.45) is 5.22 Å². The van der Waals surface area contributed by atoms with Gasteiger partial charge in [0.15, 0.2) is 0 Å². The molecule has 1 aromatic heterocycles. The van der Waals surface area contributed by atoms with Crippen molar-refractivity contribution in [2.75, 3.05) is 6.61 Å². The van der Waals surface area contributed by atoms with Crippen LogP contribution in [0.3, 0.4) is 0 Å². The Morgan fingerprint density at radius 2 is 1.64 bits per heavy atom. The highest BCUT2D eigenvalue weighted by atomic mass is 16.7. The largest absolute Gasteiger partial charge is 0.511 e. The second kappa shape index (κ2) is 10.7. The minimum Gasteiger partial charge on any atom is -0.492 e. The predicted octanol–water partition coefficient (Wildman–Crippen LogP) is 4.89. The van der Waals surface area contributed by atoms with E-state index in [0.717, 1.165) is 34.4 Å². The minimum absolute atomic E-state index is 0.0426. The van der Waals surface area contributed by atoms with E-state index in [1.165, 1.54) is 0 Å². The van der Waals surface area contributed by atoms with Gasteiger partial charge in [-0.1, -0.05) is 61.9 Å². The van der Waals surface area contributed by atoms with Gasteiger partial charge in [-0.05, 0) is 40.3 Å². The van der Waals surface area contributed by atoms with Gasteiger partial charge in [0.25, 0.3) is 0 Å². The number of aromatic nitrogens is 1. The van der Waals surface area contributed by atoms with Crippen molar-refractivity contribution in [1.29, 1.82) is 0 Å². The summed E-state index contributed by atoms with van der Waals surface area (Å²) in [4.78, 5) is 33.8. The zero-order chi connectivity index (χ0) is 25.7. The SMILES string of the molecule is CCCC[C@@H](C(=O)On1c(O)ccc1O)N(N=[N+]=[N-])C(=O)OCC1c2ccccc2-c2ccccc21. The highest BCUT2D eigenvalue weighted by Crippen LogP contribution is 2.44. The molecule has 0 unspecified atom stereocenters. The van der Waals surface area contributed by atoms with Crippen LogP contribution in [0.5, 0.6) is 11.8 Å². The molecule has 0 fully saturated rings. The molecule has 1 heterocycles. The Bertz CT molecular complexity index is 1250. The normalized spacial score (nSPS) is 12.7. The molecule has 11 nitrogen and oxygen atoms in total. The van der Waals surface area contributed by atoms with Crippen LogP contribution in [-0.4, -0.2) is 44.7 Å². The highest BCUT2D eigenvalue weighted by molar-refractivity contribution is 5.82. The molecule has 186 valence electrons. The molecule has 36 heavy (non-hydrogen) atoms. The number of azide groups is 1. The van der Waals surface area contributed by atoms with Crippen LogP contribution >= 0.6 is 0 Å². The molecule has 3 aromatic rings. The second-order valence-corrected chi connectivity index (χ2v) is 8.24. The van der Waals surface area contributed by atoms with Crippen molar-refractivity contribution in [3.05, 3.63) is 82.2 Å². The number of hydrogen-bond donors (Lipinski definition) is 2. The number of amides is 1. The van der Waals surface area contributed by atoms with Gasteiger partial charge in [0.05, 0.1) is 0 Å². The summed E-state index contributed by atoms with van der Waals surface area (Å²) in [7, 11) is 0. The molecule has 1 amide bonds. The highest BCUT2D eigenvalue weighted by Gasteiger charge is 2.39. The van der Waals surface area contributed by atoms with Crippen LogP contribution in [0.2, 0.25) is 0 Å². The number of ether oxygens (including phenoxy) is 1. The van der Waals surface area contributed by atoms with Gasteiger partial charge in [0, 0.05) is 18.1 Å². The van der Waals surface area contributed by atoms with E-state index in [9.17, 15) is 19.8 Å². The van der Waals surface area contributed by atoms with E-state index in [1.807, 2.05) is 55.5 Å². The van der Waals surface area contributed by atoms with Crippen molar-refractivity contribution >= 4 is 12.1 Å². The van der Waals surface area contributed by atoms with Crippen LogP contribution in [0.4, 0.5) is 4.79 Å². The third-order valence-corrected chi connectivity index (χ3v) is 6.04. The van der Waals surface area contributed by atoms with Crippen LogP contribution < -0.4 is 4.84 Å². The molecule has 0 aliphatic heterocycles. The number of unbranched alkanes of at least 4 members (excludes halogenated alkanes) is 1. The van der Waals surface area contributed by atoms with Gasteiger partial charge in [-0.25, -0.2) is 4.79 Å². The van der Waals surface area contributed by atoms with Crippen LogP contribution in [-0.2, 0) is 9.53 Å². The number of hydrogen-bond acceptors (Lipinski definition) is 7. The van der Waals surface area contributed by atoms with Gasteiger partial charge < -0.3 is 19.8 Å². The van der Waals surface area contributed by atoms with E-state index >= 15 is 0 Å². The standard InChI is InChI=1S/C25H25N5O6/c1-2-3-12-21(24(33)36-30-22(31)13-14-23(30)32)29(28-27-26)25(34)35-15-20-18-10-6-4-8-16(18)17-9-5-7-11-19(17)20/h4-11,13-14,20-21,31-32H,2-3,12,15H2,1H3/t21-/m0/s1. The van der Waals surface area contributed by atoms with Crippen molar-refractivity contribution in [3.63, 3.8) is 0 Å². The first-order chi connectivity index (χ1) is 17.5. The Hall–Kier alpha value is -4.63. The molecule has 2 aromatic carbocycles. The van der Waals surface area contributed by atoms with E-state index in [0.29, 0.717) is 22.6 Å². The fourth-order valence-electron chi connectivity index (χ4n) is 4.31. The molecule has 4 rings (SSSR count). The average Bonchev–Trinajstić information content (AvgIpc) is 3.38. The molecular formula is C25H25N5O6. The third kappa shape index (κ3) is 4.77. The number of rotatable bonds is 9.